The first kappa shape index (κ1) is 19.5. The zero-order valence-corrected chi connectivity index (χ0v) is 17.8. The van der Waals surface area contributed by atoms with Crippen LogP contribution in [0.2, 0.25) is 18.1 Å². The second-order valence-electron chi connectivity index (χ2n) is 8.23. The standard InChI is InChI=1S/C18H30BrNOSi/c1-10-14-11-12-15(13-16(14)19)20(17(2,3)4)21-22(8,9)18(5,6)7/h10-13H,1H2,2-9H3. The Morgan fingerprint density at radius 1 is 1.14 bits per heavy atom. The molecule has 0 radical (unpaired) electrons. The van der Waals surface area contributed by atoms with Gasteiger partial charge in [0, 0.05) is 4.47 Å². The molecule has 0 saturated heterocycles. The third-order valence-electron chi connectivity index (χ3n) is 4.17. The zero-order valence-electron chi connectivity index (χ0n) is 15.2. The van der Waals surface area contributed by atoms with E-state index in [1.807, 2.05) is 6.08 Å². The summed E-state index contributed by atoms with van der Waals surface area (Å²) in [5.74, 6) is 0. The molecule has 1 rings (SSSR count). The Hall–Kier alpha value is -0.583. The summed E-state index contributed by atoms with van der Waals surface area (Å²) in [6.45, 7) is 21.7. The summed E-state index contributed by atoms with van der Waals surface area (Å²) in [5.41, 5.74) is 2.03. The normalized spacial score (nSPS) is 13.1. The lowest BCUT2D eigenvalue weighted by molar-refractivity contribution is 0.185. The van der Waals surface area contributed by atoms with Crippen LogP contribution in [0.3, 0.4) is 0 Å². The largest absolute Gasteiger partial charge is 0.319 e. The van der Waals surface area contributed by atoms with E-state index in [1.54, 1.807) is 0 Å². The maximum absolute atomic E-state index is 6.61. The van der Waals surface area contributed by atoms with E-state index < -0.39 is 8.32 Å². The van der Waals surface area contributed by atoms with Crippen molar-refractivity contribution in [2.45, 2.75) is 65.2 Å². The van der Waals surface area contributed by atoms with E-state index in [0.29, 0.717) is 0 Å². The molecule has 22 heavy (non-hydrogen) atoms. The molecule has 0 aromatic heterocycles. The van der Waals surface area contributed by atoms with Gasteiger partial charge < -0.3 is 4.53 Å². The van der Waals surface area contributed by atoms with Gasteiger partial charge in [0.15, 0.2) is 0 Å². The van der Waals surface area contributed by atoms with Crippen LogP contribution in [-0.2, 0) is 4.53 Å². The first-order chi connectivity index (χ1) is 9.79. The number of halogens is 1. The van der Waals surface area contributed by atoms with Crippen LogP contribution in [-0.4, -0.2) is 13.9 Å². The average molecular weight is 384 g/mol. The number of rotatable bonds is 4. The van der Waals surface area contributed by atoms with Crippen LogP contribution >= 0.6 is 15.9 Å². The van der Waals surface area contributed by atoms with E-state index in [1.165, 1.54) is 0 Å². The van der Waals surface area contributed by atoms with Crippen molar-refractivity contribution in [3.63, 3.8) is 0 Å². The monoisotopic (exact) mass is 383 g/mol. The molecule has 1 aromatic rings. The summed E-state index contributed by atoms with van der Waals surface area (Å²) in [5, 5.41) is 2.23. The minimum atomic E-state index is -1.91. The summed E-state index contributed by atoms with van der Waals surface area (Å²) in [6.07, 6.45) is 1.85. The zero-order chi connectivity index (χ0) is 17.3. The van der Waals surface area contributed by atoms with Gasteiger partial charge >= 0.3 is 0 Å². The molecule has 0 aliphatic rings. The lowest BCUT2D eigenvalue weighted by Crippen LogP contribution is -2.52. The highest BCUT2D eigenvalue weighted by Gasteiger charge is 2.42. The Labute approximate surface area is 145 Å². The van der Waals surface area contributed by atoms with Crippen LogP contribution < -0.4 is 5.06 Å². The molecule has 0 atom stereocenters. The minimum Gasteiger partial charge on any atom is -0.319 e. The van der Waals surface area contributed by atoms with Crippen LogP contribution in [0.25, 0.3) is 6.08 Å². The molecule has 1 aromatic carbocycles. The second-order valence-corrected chi connectivity index (χ2v) is 13.8. The first-order valence-corrected chi connectivity index (χ1v) is 11.4. The molecule has 124 valence electrons. The van der Waals surface area contributed by atoms with Crippen molar-refractivity contribution in [2.24, 2.45) is 0 Å². The molecule has 0 unspecified atom stereocenters. The molecule has 0 heterocycles. The predicted octanol–water partition coefficient (Wildman–Crippen LogP) is 6.63. The second kappa shape index (κ2) is 6.50. The van der Waals surface area contributed by atoms with Gasteiger partial charge in [-0.3, -0.25) is 5.06 Å². The number of nitrogens with zero attached hydrogens (tertiary/aromatic N) is 1. The highest BCUT2D eigenvalue weighted by atomic mass is 79.9. The van der Waals surface area contributed by atoms with Crippen molar-refractivity contribution in [1.29, 1.82) is 0 Å². The van der Waals surface area contributed by atoms with Gasteiger partial charge in [-0.05, 0) is 56.6 Å². The maximum atomic E-state index is 6.61. The summed E-state index contributed by atoms with van der Waals surface area (Å²) < 4.78 is 7.64. The number of anilines is 1. The molecular formula is C18H30BrNOSi. The van der Waals surface area contributed by atoms with E-state index >= 15 is 0 Å². The van der Waals surface area contributed by atoms with Gasteiger partial charge in [0.05, 0.1) is 11.2 Å². The molecule has 4 heteroatoms. The lowest BCUT2D eigenvalue weighted by Gasteiger charge is -2.45. The average Bonchev–Trinajstić information content (AvgIpc) is 2.33. The van der Waals surface area contributed by atoms with Crippen LogP contribution in [0.1, 0.15) is 47.1 Å². The summed E-state index contributed by atoms with van der Waals surface area (Å²) in [4.78, 5) is 0. The van der Waals surface area contributed by atoms with Crippen LogP contribution in [0, 0.1) is 0 Å². The summed E-state index contributed by atoms with van der Waals surface area (Å²) >= 11 is 3.62. The lowest BCUT2D eigenvalue weighted by atomic mass is 10.1. The highest BCUT2D eigenvalue weighted by molar-refractivity contribution is 9.10. The van der Waals surface area contributed by atoms with Gasteiger partial charge in [-0.2, -0.15) is 0 Å². The molecule has 0 bridgehead atoms. The Kier molecular flexibility index (Phi) is 5.75. The quantitative estimate of drug-likeness (QED) is 0.426. The Bertz CT molecular complexity index is 541. The molecule has 0 aliphatic heterocycles. The van der Waals surface area contributed by atoms with Crippen molar-refractivity contribution in [3.8, 4) is 0 Å². The van der Waals surface area contributed by atoms with E-state index in [0.717, 1.165) is 15.7 Å². The first-order valence-electron chi connectivity index (χ1n) is 7.71. The fourth-order valence-corrected chi connectivity index (χ4v) is 3.39. The summed E-state index contributed by atoms with van der Waals surface area (Å²) in [6, 6.07) is 6.27. The van der Waals surface area contributed by atoms with Gasteiger partial charge in [0.25, 0.3) is 0 Å². The van der Waals surface area contributed by atoms with Gasteiger partial charge in [-0.1, -0.05) is 55.4 Å². The maximum Gasteiger partial charge on any atom is 0.228 e. The van der Waals surface area contributed by atoms with Gasteiger partial charge in [-0.25, -0.2) is 0 Å². The van der Waals surface area contributed by atoms with E-state index in [9.17, 15) is 0 Å². The number of hydrogen-bond donors (Lipinski definition) is 0. The van der Waals surface area contributed by atoms with Crippen LogP contribution in [0.4, 0.5) is 5.69 Å². The molecule has 0 aliphatic carbocycles. The van der Waals surface area contributed by atoms with Crippen LogP contribution in [0.5, 0.6) is 0 Å². The van der Waals surface area contributed by atoms with Crippen molar-refractivity contribution < 1.29 is 4.53 Å². The SMILES string of the molecule is C=Cc1ccc(N(O[Si](C)(C)C(C)(C)C)C(C)(C)C)cc1Br. The third kappa shape index (κ3) is 4.46. The molecule has 0 saturated carbocycles. The Morgan fingerprint density at radius 3 is 2.05 bits per heavy atom. The van der Waals surface area contributed by atoms with Gasteiger partial charge in [0.1, 0.15) is 0 Å². The molecule has 0 fully saturated rings. The fraction of sp³-hybridized carbons (Fsp3) is 0.556. The highest BCUT2D eigenvalue weighted by Crippen LogP contribution is 2.40. The smallest absolute Gasteiger partial charge is 0.228 e. The van der Waals surface area contributed by atoms with Crippen molar-refractivity contribution in [3.05, 3.63) is 34.8 Å². The minimum absolute atomic E-state index is 0.120. The number of benzene rings is 1. The summed E-state index contributed by atoms with van der Waals surface area (Å²) in [7, 11) is -1.91. The molecule has 0 spiro atoms. The fourth-order valence-electron chi connectivity index (χ4n) is 1.75. The Morgan fingerprint density at radius 2 is 1.68 bits per heavy atom. The van der Waals surface area contributed by atoms with Crippen LogP contribution in [0.15, 0.2) is 29.3 Å². The van der Waals surface area contributed by atoms with Gasteiger partial charge in [0.2, 0.25) is 8.32 Å². The van der Waals surface area contributed by atoms with E-state index in [-0.39, 0.29) is 10.6 Å². The van der Waals surface area contributed by atoms with Crippen molar-refractivity contribution in [2.75, 3.05) is 5.06 Å². The third-order valence-corrected chi connectivity index (χ3v) is 9.11. The van der Waals surface area contributed by atoms with Crippen molar-refractivity contribution >= 4 is 36.0 Å². The molecule has 0 amide bonds. The predicted molar refractivity (Wildman–Crippen MR) is 105 cm³/mol. The van der Waals surface area contributed by atoms with E-state index in [4.69, 9.17) is 4.53 Å². The molecule has 0 N–H and O–H groups in total. The van der Waals surface area contributed by atoms with Crippen molar-refractivity contribution in [1.82, 2.24) is 0 Å². The topological polar surface area (TPSA) is 12.5 Å². The van der Waals surface area contributed by atoms with Gasteiger partial charge in [-0.15, -0.1) is 0 Å². The molecule has 2 nitrogen and oxygen atoms in total. The van der Waals surface area contributed by atoms with E-state index in [2.05, 4.69) is 100 Å². The number of hydrogen-bond acceptors (Lipinski definition) is 2. The number of hydroxylamine groups is 1. The molecular weight excluding hydrogens is 354 g/mol. The Balaban J connectivity index is 3.26.